The molecule has 2 aromatic rings. The average molecular weight is 404 g/mol. The fourth-order valence-electron chi connectivity index (χ4n) is 4.04. The van der Waals surface area contributed by atoms with Crippen LogP contribution in [0.2, 0.25) is 0 Å². The van der Waals surface area contributed by atoms with Gasteiger partial charge in [0.05, 0.1) is 18.2 Å². The number of nitrogens with one attached hydrogen (secondary N) is 1. The van der Waals surface area contributed by atoms with Gasteiger partial charge in [0.2, 0.25) is 0 Å². The van der Waals surface area contributed by atoms with E-state index in [0.29, 0.717) is 5.56 Å². The molecule has 0 radical (unpaired) electrons. The lowest BCUT2D eigenvalue weighted by molar-refractivity contribution is -0.0939. The molecular weight excluding hydrogens is 378 g/mol. The summed E-state index contributed by atoms with van der Waals surface area (Å²) in [5.41, 5.74) is 8.56. The normalized spacial score (nSPS) is 18.9. The van der Waals surface area contributed by atoms with Crippen LogP contribution in [0.15, 0.2) is 60.4 Å². The smallest absolute Gasteiger partial charge is 0.124 e. The first kappa shape index (κ1) is 19.4. The van der Waals surface area contributed by atoms with E-state index in [1.807, 2.05) is 24.3 Å². The van der Waals surface area contributed by atoms with E-state index in [0.717, 1.165) is 42.0 Å². The van der Waals surface area contributed by atoms with Crippen molar-refractivity contribution in [2.24, 2.45) is 0 Å². The first-order valence-electron chi connectivity index (χ1n) is 9.99. The Kier molecular flexibility index (Phi) is 5.52. The van der Waals surface area contributed by atoms with Crippen LogP contribution < -0.4 is 5.43 Å². The molecule has 1 saturated heterocycles. The van der Waals surface area contributed by atoms with E-state index in [2.05, 4.69) is 70.8 Å². The average Bonchev–Trinajstić information content (AvgIpc) is 3.14. The lowest BCUT2D eigenvalue weighted by Crippen LogP contribution is -2.59. The number of thiocarbonyl (C=S) groups is 1. The van der Waals surface area contributed by atoms with Gasteiger partial charge in [-0.15, -0.1) is 5.12 Å². The number of nitrogens with zero attached hydrogens (tertiary/aromatic N) is 4. The van der Waals surface area contributed by atoms with Gasteiger partial charge in [-0.1, -0.05) is 61.6 Å². The number of rotatable bonds is 5. The largest absolute Gasteiger partial charge is 0.357 e. The van der Waals surface area contributed by atoms with E-state index in [-0.39, 0.29) is 6.17 Å². The first-order valence-corrected chi connectivity index (χ1v) is 10.4. The molecule has 0 aromatic heterocycles. The third-order valence-corrected chi connectivity index (χ3v) is 5.65. The van der Waals surface area contributed by atoms with E-state index >= 15 is 0 Å². The highest BCUT2D eigenvalue weighted by Crippen LogP contribution is 2.28. The third-order valence-electron chi connectivity index (χ3n) is 5.43. The molecule has 0 bridgehead atoms. The Morgan fingerprint density at radius 3 is 2.66 bits per heavy atom. The fraction of sp³-hybridized carbons (Fsp3) is 0.304. The van der Waals surface area contributed by atoms with Gasteiger partial charge in [-0.05, 0) is 36.1 Å². The van der Waals surface area contributed by atoms with Crippen LogP contribution in [-0.2, 0) is 6.42 Å². The van der Waals surface area contributed by atoms with E-state index in [9.17, 15) is 5.26 Å². The molecule has 2 aliphatic heterocycles. The Morgan fingerprint density at radius 1 is 1.17 bits per heavy atom. The molecular formula is C23H25N5S. The van der Waals surface area contributed by atoms with Gasteiger partial charge in [-0.3, -0.25) is 10.4 Å². The second-order valence-corrected chi connectivity index (χ2v) is 7.98. The molecule has 1 N–H and O–H groups in total. The van der Waals surface area contributed by atoms with Gasteiger partial charge in [-0.2, -0.15) is 5.26 Å². The molecule has 0 spiro atoms. The van der Waals surface area contributed by atoms with Crippen LogP contribution in [0.3, 0.4) is 0 Å². The van der Waals surface area contributed by atoms with Crippen molar-refractivity contribution in [2.75, 3.05) is 13.1 Å². The van der Waals surface area contributed by atoms with Gasteiger partial charge in [0.1, 0.15) is 11.2 Å². The van der Waals surface area contributed by atoms with Crippen LogP contribution in [0, 0.1) is 11.3 Å². The number of nitriles is 1. The Balaban J connectivity index is 1.59. The summed E-state index contributed by atoms with van der Waals surface area (Å²) in [4.78, 5) is 3.25. The second kappa shape index (κ2) is 8.24. The van der Waals surface area contributed by atoms with Gasteiger partial charge in [-0.25, -0.2) is 0 Å². The van der Waals surface area contributed by atoms with Crippen LogP contribution in [0.1, 0.15) is 31.4 Å². The van der Waals surface area contributed by atoms with Crippen molar-refractivity contribution < 1.29 is 0 Å². The predicted molar refractivity (Wildman–Crippen MR) is 119 cm³/mol. The third kappa shape index (κ3) is 3.84. The van der Waals surface area contributed by atoms with Crippen molar-refractivity contribution in [3.63, 3.8) is 0 Å². The maximum absolute atomic E-state index is 9.37. The van der Waals surface area contributed by atoms with Crippen molar-refractivity contribution in [3.05, 3.63) is 71.6 Å². The van der Waals surface area contributed by atoms with Crippen molar-refractivity contribution in [1.82, 2.24) is 20.5 Å². The fourth-order valence-corrected chi connectivity index (χ4v) is 4.25. The summed E-state index contributed by atoms with van der Waals surface area (Å²) in [5.74, 6) is 0. The first-order chi connectivity index (χ1) is 14.1. The molecule has 2 aliphatic rings. The summed E-state index contributed by atoms with van der Waals surface area (Å²) in [7, 11) is 0. The Bertz CT molecular complexity index is 976. The van der Waals surface area contributed by atoms with E-state index in [4.69, 9.17) is 12.2 Å². The summed E-state index contributed by atoms with van der Waals surface area (Å²) >= 11 is 5.44. The summed E-state index contributed by atoms with van der Waals surface area (Å²) in [6.45, 7) is 6.06. The number of fused-ring (bicyclic) bond motifs is 1. The van der Waals surface area contributed by atoms with E-state index in [1.165, 1.54) is 11.3 Å². The maximum atomic E-state index is 9.37. The van der Waals surface area contributed by atoms with Crippen molar-refractivity contribution >= 4 is 17.2 Å². The van der Waals surface area contributed by atoms with Crippen LogP contribution in [0.25, 0.3) is 11.1 Å². The SMILES string of the molecule is CCCN1C=C(C)N2CC(=S)NN2C1Cc1ccc(-c2ccccc2C#N)cc1. The van der Waals surface area contributed by atoms with Crippen molar-refractivity contribution in [3.8, 4) is 17.2 Å². The standard InChI is InChI=1S/C23H25N5S/c1-3-12-26-15-17(2)27-16-22(29)25-28(27)23(26)13-18-8-10-19(11-9-18)21-7-5-4-6-20(21)14-24/h4-11,15,23H,3,12-13,16H2,1-2H3,(H,25,29). The Morgan fingerprint density at radius 2 is 1.93 bits per heavy atom. The predicted octanol–water partition coefficient (Wildman–Crippen LogP) is 4.05. The monoisotopic (exact) mass is 403 g/mol. The van der Waals surface area contributed by atoms with Crippen molar-refractivity contribution in [2.45, 2.75) is 32.9 Å². The molecule has 0 aliphatic carbocycles. The Labute approximate surface area is 177 Å². The van der Waals surface area contributed by atoms with Crippen LogP contribution in [-0.4, -0.2) is 39.3 Å². The van der Waals surface area contributed by atoms with Gasteiger partial charge < -0.3 is 4.90 Å². The molecule has 2 heterocycles. The number of hydrogen-bond acceptors (Lipinski definition) is 5. The number of hydrogen-bond donors (Lipinski definition) is 1. The molecule has 1 fully saturated rings. The minimum atomic E-state index is 0.163. The summed E-state index contributed by atoms with van der Waals surface area (Å²) in [6, 6.07) is 18.6. The molecule has 148 valence electrons. The Hall–Kier alpha value is -2.88. The molecule has 29 heavy (non-hydrogen) atoms. The highest BCUT2D eigenvalue weighted by molar-refractivity contribution is 7.80. The topological polar surface area (TPSA) is 45.5 Å². The van der Waals surface area contributed by atoms with Crippen LogP contribution in [0.5, 0.6) is 0 Å². The molecule has 1 unspecified atom stereocenters. The van der Waals surface area contributed by atoms with Gasteiger partial charge in [0, 0.05) is 24.9 Å². The molecule has 5 nitrogen and oxygen atoms in total. The van der Waals surface area contributed by atoms with Gasteiger partial charge in [0.25, 0.3) is 0 Å². The van der Waals surface area contributed by atoms with Crippen molar-refractivity contribution in [1.29, 1.82) is 5.26 Å². The van der Waals surface area contributed by atoms with E-state index in [1.54, 1.807) is 0 Å². The molecule has 4 rings (SSSR count). The second-order valence-electron chi connectivity index (χ2n) is 7.48. The lowest BCUT2D eigenvalue weighted by Gasteiger charge is -2.45. The molecule has 2 aromatic carbocycles. The summed E-state index contributed by atoms with van der Waals surface area (Å²) < 4.78 is 0. The van der Waals surface area contributed by atoms with Crippen LogP contribution >= 0.6 is 12.2 Å². The number of hydrazine groups is 2. The quantitative estimate of drug-likeness (QED) is 0.760. The highest BCUT2D eigenvalue weighted by Gasteiger charge is 2.37. The minimum Gasteiger partial charge on any atom is -0.357 e. The number of allylic oxidation sites excluding steroid dienone is 1. The maximum Gasteiger partial charge on any atom is 0.124 e. The van der Waals surface area contributed by atoms with Gasteiger partial charge in [0.15, 0.2) is 0 Å². The molecule has 0 saturated carbocycles. The number of benzene rings is 2. The zero-order chi connectivity index (χ0) is 20.4. The van der Waals surface area contributed by atoms with Gasteiger partial charge >= 0.3 is 0 Å². The van der Waals surface area contributed by atoms with Crippen LogP contribution in [0.4, 0.5) is 0 Å². The summed E-state index contributed by atoms with van der Waals surface area (Å²) in [6.07, 6.45) is 4.37. The zero-order valence-electron chi connectivity index (χ0n) is 16.8. The molecule has 0 amide bonds. The minimum absolute atomic E-state index is 0.163. The highest BCUT2D eigenvalue weighted by atomic mass is 32.1. The molecule has 1 atom stereocenters. The lowest BCUT2D eigenvalue weighted by atomic mass is 9.98. The summed E-state index contributed by atoms with van der Waals surface area (Å²) in [5, 5.41) is 13.8. The van der Waals surface area contributed by atoms with E-state index < -0.39 is 0 Å². The zero-order valence-corrected chi connectivity index (χ0v) is 17.6. The molecule has 6 heteroatoms.